The van der Waals surface area contributed by atoms with Crippen molar-refractivity contribution in [3.8, 4) is 16.9 Å². The summed E-state index contributed by atoms with van der Waals surface area (Å²) < 4.78 is 5.93. The van der Waals surface area contributed by atoms with Gasteiger partial charge in [-0.3, -0.25) is 4.79 Å². The Labute approximate surface area is 141 Å². The molecule has 1 heterocycles. The standard InChI is InChI=1S/C22H18O2/c1-22(18-10-6-3-7-11-18)15-24-20-13-12-17(14-19(20)21(22)23)16-8-4-2-5-9-16/h2-14H,15H2,1H3/t22-/m1/s1. The first kappa shape index (κ1) is 14.7. The van der Waals surface area contributed by atoms with Crippen LogP contribution >= 0.6 is 0 Å². The van der Waals surface area contributed by atoms with Crippen LogP contribution in [0, 0.1) is 0 Å². The van der Waals surface area contributed by atoms with E-state index >= 15 is 0 Å². The van der Waals surface area contributed by atoms with Crippen molar-refractivity contribution in [1.82, 2.24) is 0 Å². The van der Waals surface area contributed by atoms with Gasteiger partial charge in [0.2, 0.25) is 0 Å². The van der Waals surface area contributed by atoms with Gasteiger partial charge < -0.3 is 4.74 Å². The lowest BCUT2D eigenvalue weighted by atomic mass is 9.75. The monoisotopic (exact) mass is 314 g/mol. The molecule has 0 saturated carbocycles. The average Bonchev–Trinajstić information content (AvgIpc) is 2.66. The number of ether oxygens (including phenoxy) is 1. The van der Waals surface area contributed by atoms with Crippen LogP contribution in [0.2, 0.25) is 0 Å². The Kier molecular flexibility index (Phi) is 3.46. The van der Waals surface area contributed by atoms with Crippen LogP contribution in [-0.4, -0.2) is 12.4 Å². The molecule has 3 aromatic carbocycles. The lowest BCUT2D eigenvalue weighted by Gasteiger charge is -2.34. The summed E-state index contributed by atoms with van der Waals surface area (Å²) in [7, 11) is 0. The molecule has 0 aliphatic carbocycles. The number of hydrogen-bond donors (Lipinski definition) is 0. The maximum Gasteiger partial charge on any atom is 0.180 e. The third kappa shape index (κ3) is 2.31. The van der Waals surface area contributed by atoms with Crippen molar-refractivity contribution in [3.63, 3.8) is 0 Å². The van der Waals surface area contributed by atoms with Crippen molar-refractivity contribution < 1.29 is 9.53 Å². The molecule has 0 aromatic heterocycles. The Hall–Kier alpha value is -2.87. The molecule has 118 valence electrons. The summed E-state index contributed by atoms with van der Waals surface area (Å²) in [6.45, 7) is 2.33. The fourth-order valence-electron chi connectivity index (χ4n) is 3.25. The smallest absolute Gasteiger partial charge is 0.180 e. The van der Waals surface area contributed by atoms with Crippen LogP contribution in [0.15, 0.2) is 78.9 Å². The minimum atomic E-state index is -0.649. The SMILES string of the molecule is C[C@]1(c2ccccc2)COc2ccc(-c3ccccc3)cc2C1=O. The molecule has 0 spiro atoms. The molecule has 0 unspecified atom stereocenters. The van der Waals surface area contributed by atoms with E-state index in [1.165, 1.54) is 0 Å². The Balaban J connectivity index is 1.79. The van der Waals surface area contributed by atoms with Crippen LogP contribution in [0.3, 0.4) is 0 Å². The zero-order valence-corrected chi connectivity index (χ0v) is 13.5. The van der Waals surface area contributed by atoms with Gasteiger partial charge in [0, 0.05) is 0 Å². The molecule has 0 saturated heterocycles. The van der Waals surface area contributed by atoms with E-state index < -0.39 is 5.41 Å². The summed E-state index contributed by atoms with van der Waals surface area (Å²) in [6.07, 6.45) is 0. The van der Waals surface area contributed by atoms with Crippen LogP contribution in [-0.2, 0) is 5.41 Å². The van der Waals surface area contributed by atoms with Crippen molar-refractivity contribution >= 4 is 5.78 Å². The number of Topliss-reactive ketones (excluding diaryl/α,β-unsaturated/α-hetero) is 1. The highest BCUT2D eigenvalue weighted by Gasteiger charge is 2.41. The van der Waals surface area contributed by atoms with Crippen molar-refractivity contribution in [2.75, 3.05) is 6.61 Å². The fraction of sp³-hybridized carbons (Fsp3) is 0.136. The summed E-state index contributed by atoms with van der Waals surface area (Å²) in [5, 5.41) is 0. The van der Waals surface area contributed by atoms with Crippen molar-refractivity contribution in [2.45, 2.75) is 12.3 Å². The second-order valence-corrected chi connectivity index (χ2v) is 6.39. The number of rotatable bonds is 2. The van der Waals surface area contributed by atoms with E-state index in [0.717, 1.165) is 16.7 Å². The van der Waals surface area contributed by atoms with Crippen molar-refractivity contribution in [3.05, 3.63) is 90.0 Å². The predicted octanol–water partition coefficient (Wildman–Crippen LogP) is 4.89. The summed E-state index contributed by atoms with van der Waals surface area (Å²) in [4.78, 5) is 13.2. The molecular weight excluding hydrogens is 296 g/mol. The Morgan fingerprint density at radius 1 is 0.833 bits per heavy atom. The molecule has 2 heteroatoms. The highest BCUT2D eigenvalue weighted by atomic mass is 16.5. The van der Waals surface area contributed by atoms with E-state index in [2.05, 4.69) is 0 Å². The van der Waals surface area contributed by atoms with Gasteiger partial charge in [0.25, 0.3) is 0 Å². The Morgan fingerprint density at radius 3 is 2.21 bits per heavy atom. The van der Waals surface area contributed by atoms with Crippen molar-refractivity contribution in [1.29, 1.82) is 0 Å². The lowest BCUT2D eigenvalue weighted by Crippen LogP contribution is -2.42. The summed E-state index contributed by atoms with van der Waals surface area (Å²) in [6, 6.07) is 25.8. The fourth-order valence-corrected chi connectivity index (χ4v) is 3.25. The number of ketones is 1. The van der Waals surface area contributed by atoms with E-state index in [-0.39, 0.29) is 5.78 Å². The van der Waals surface area contributed by atoms with Crippen LogP contribution in [0.1, 0.15) is 22.8 Å². The molecule has 2 nitrogen and oxygen atoms in total. The largest absolute Gasteiger partial charge is 0.491 e. The average molecular weight is 314 g/mol. The van der Waals surface area contributed by atoms with Gasteiger partial charge in [-0.15, -0.1) is 0 Å². The van der Waals surface area contributed by atoms with Gasteiger partial charge in [-0.1, -0.05) is 66.7 Å². The molecule has 24 heavy (non-hydrogen) atoms. The Morgan fingerprint density at radius 2 is 1.50 bits per heavy atom. The molecule has 1 atom stereocenters. The number of hydrogen-bond acceptors (Lipinski definition) is 2. The first-order valence-electron chi connectivity index (χ1n) is 8.11. The van der Waals surface area contributed by atoms with Gasteiger partial charge in [0.05, 0.1) is 11.0 Å². The molecule has 0 amide bonds. The van der Waals surface area contributed by atoms with Crippen LogP contribution in [0.5, 0.6) is 5.75 Å². The zero-order chi connectivity index (χ0) is 16.6. The van der Waals surface area contributed by atoms with Crippen LogP contribution in [0.4, 0.5) is 0 Å². The second-order valence-electron chi connectivity index (χ2n) is 6.39. The first-order valence-corrected chi connectivity index (χ1v) is 8.11. The molecule has 4 rings (SSSR count). The van der Waals surface area contributed by atoms with Gasteiger partial charge in [-0.2, -0.15) is 0 Å². The minimum Gasteiger partial charge on any atom is -0.491 e. The number of benzene rings is 3. The number of carbonyl (C=O) groups is 1. The maximum absolute atomic E-state index is 13.2. The molecule has 0 fully saturated rings. The molecular formula is C22H18O2. The van der Waals surface area contributed by atoms with Gasteiger partial charge in [0.1, 0.15) is 12.4 Å². The zero-order valence-electron chi connectivity index (χ0n) is 13.5. The predicted molar refractivity (Wildman–Crippen MR) is 95.5 cm³/mol. The molecule has 3 aromatic rings. The number of carbonyl (C=O) groups excluding carboxylic acids is 1. The van der Waals surface area contributed by atoms with E-state index in [1.54, 1.807) is 0 Å². The third-order valence-corrected chi connectivity index (χ3v) is 4.76. The molecule has 0 bridgehead atoms. The topological polar surface area (TPSA) is 26.3 Å². The van der Waals surface area contributed by atoms with E-state index in [4.69, 9.17) is 4.74 Å². The summed E-state index contributed by atoms with van der Waals surface area (Å²) >= 11 is 0. The first-order chi connectivity index (χ1) is 11.7. The van der Waals surface area contributed by atoms with Crippen LogP contribution in [0.25, 0.3) is 11.1 Å². The van der Waals surface area contributed by atoms with Gasteiger partial charge >= 0.3 is 0 Å². The van der Waals surface area contributed by atoms with Gasteiger partial charge in [-0.25, -0.2) is 0 Å². The van der Waals surface area contributed by atoms with Crippen molar-refractivity contribution in [2.24, 2.45) is 0 Å². The third-order valence-electron chi connectivity index (χ3n) is 4.76. The van der Waals surface area contributed by atoms with E-state index in [0.29, 0.717) is 17.9 Å². The molecule has 0 N–H and O–H groups in total. The molecule has 1 aliphatic heterocycles. The Bertz CT molecular complexity index is 884. The highest BCUT2D eigenvalue weighted by Crippen LogP contribution is 2.38. The normalized spacial score (nSPS) is 19.5. The second kappa shape index (κ2) is 5.64. The van der Waals surface area contributed by atoms with Gasteiger partial charge in [0.15, 0.2) is 5.78 Å². The maximum atomic E-state index is 13.2. The quantitative estimate of drug-likeness (QED) is 0.673. The summed E-state index contributed by atoms with van der Waals surface area (Å²) in [5.41, 5.74) is 3.13. The highest BCUT2D eigenvalue weighted by molar-refractivity contribution is 6.07. The minimum absolute atomic E-state index is 0.118. The van der Waals surface area contributed by atoms with E-state index in [1.807, 2.05) is 85.8 Å². The molecule has 1 aliphatic rings. The lowest BCUT2D eigenvalue weighted by molar-refractivity contribution is 0.0792. The van der Waals surface area contributed by atoms with E-state index in [9.17, 15) is 4.79 Å². The molecule has 0 radical (unpaired) electrons. The summed E-state index contributed by atoms with van der Waals surface area (Å²) in [5.74, 6) is 0.792. The van der Waals surface area contributed by atoms with Gasteiger partial charge in [-0.05, 0) is 35.7 Å². The number of fused-ring (bicyclic) bond motifs is 1. The van der Waals surface area contributed by atoms with Crippen LogP contribution < -0.4 is 4.74 Å².